The summed E-state index contributed by atoms with van der Waals surface area (Å²) < 4.78 is 27.3. The zero-order valence-electron chi connectivity index (χ0n) is 10.9. The zero-order chi connectivity index (χ0) is 14.0. The van der Waals surface area contributed by atoms with E-state index in [1.165, 1.54) is 12.1 Å². The Hall–Kier alpha value is -1.49. The van der Waals surface area contributed by atoms with Crippen LogP contribution in [0.15, 0.2) is 18.2 Å². The third kappa shape index (κ3) is 2.61. The molecule has 1 aromatic carbocycles. The Morgan fingerprint density at radius 1 is 1.42 bits per heavy atom. The van der Waals surface area contributed by atoms with Crippen molar-refractivity contribution in [1.82, 2.24) is 4.90 Å². The third-order valence-electron chi connectivity index (χ3n) is 3.63. The first-order chi connectivity index (χ1) is 9.06. The molecule has 2 N–H and O–H groups in total. The lowest BCUT2D eigenvalue weighted by atomic mass is 9.95. The lowest BCUT2D eigenvalue weighted by molar-refractivity contribution is -0.133. The van der Waals surface area contributed by atoms with E-state index in [1.54, 1.807) is 4.90 Å². The Bertz CT molecular complexity index is 479. The van der Waals surface area contributed by atoms with Crippen molar-refractivity contribution in [3.63, 3.8) is 0 Å². The predicted octanol–water partition coefficient (Wildman–Crippen LogP) is 2.37. The number of amides is 1. The summed E-state index contributed by atoms with van der Waals surface area (Å²) >= 11 is 0. The topological polar surface area (TPSA) is 46.3 Å². The van der Waals surface area contributed by atoms with E-state index in [0.29, 0.717) is 25.8 Å². The first kappa shape index (κ1) is 13.9. The largest absolute Gasteiger partial charge is 0.334 e. The fourth-order valence-corrected chi connectivity index (χ4v) is 2.70. The summed E-state index contributed by atoms with van der Waals surface area (Å²) in [7, 11) is 0. The molecule has 0 saturated carbocycles. The van der Waals surface area contributed by atoms with Gasteiger partial charge in [-0.15, -0.1) is 0 Å². The molecule has 3 nitrogen and oxygen atoms in total. The molecule has 2 rings (SSSR count). The molecule has 1 saturated heterocycles. The summed E-state index contributed by atoms with van der Waals surface area (Å²) in [5.41, 5.74) is 6.25. The number of rotatable bonds is 2. The van der Waals surface area contributed by atoms with Crippen molar-refractivity contribution in [1.29, 1.82) is 0 Å². The smallest absolute Gasteiger partial charge is 0.223 e. The molecule has 1 aromatic rings. The lowest BCUT2D eigenvalue weighted by Gasteiger charge is -2.33. The van der Waals surface area contributed by atoms with Crippen LogP contribution in [0.25, 0.3) is 0 Å². The maximum absolute atomic E-state index is 14.0. The van der Waals surface area contributed by atoms with Crippen LogP contribution in [0.5, 0.6) is 0 Å². The molecule has 0 spiro atoms. The van der Waals surface area contributed by atoms with E-state index in [4.69, 9.17) is 5.73 Å². The number of nitrogens with two attached hydrogens (primary N) is 1. The van der Waals surface area contributed by atoms with Crippen LogP contribution in [0, 0.1) is 11.6 Å². The third-order valence-corrected chi connectivity index (χ3v) is 3.63. The number of likely N-dealkylation sites (tertiary alicyclic amines) is 1. The van der Waals surface area contributed by atoms with E-state index in [2.05, 4.69) is 0 Å². The molecule has 0 aliphatic carbocycles. The molecule has 0 radical (unpaired) electrons. The van der Waals surface area contributed by atoms with Crippen LogP contribution in [0.2, 0.25) is 0 Å². The van der Waals surface area contributed by atoms with Gasteiger partial charge in [0.1, 0.15) is 0 Å². The summed E-state index contributed by atoms with van der Waals surface area (Å²) in [6.07, 6.45) is 1.72. The van der Waals surface area contributed by atoms with E-state index in [-0.39, 0.29) is 17.5 Å². The van der Waals surface area contributed by atoms with Gasteiger partial charge in [-0.05, 0) is 25.8 Å². The van der Waals surface area contributed by atoms with Crippen LogP contribution in [0.1, 0.15) is 37.8 Å². The van der Waals surface area contributed by atoms with Gasteiger partial charge in [0.25, 0.3) is 0 Å². The Morgan fingerprint density at radius 3 is 2.84 bits per heavy atom. The van der Waals surface area contributed by atoms with Gasteiger partial charge in [-0.3, -0.25) is 4.79 Å². The average Bonchev–Trinajstić information content (AvgIpc) is 2.52. The molecule has 1 fully saturated rings. The van der Waals surface area contributed by atoms with E-state index in [1.807, 2.05) is 6.92 Å². The van der Waals surface area contributed by atoms with Gasteiger partial charge in [-0.1, -0.05) is 12.1 Å². The molecule has 1 heterocycles. The number of halogens is 2. The number of nitrogens with zero attached hydrogens (tertiary/aromatic N) is 1. The Morgan fingerprint density at radius 2 is 2.16 bits per heavy atom. The summed E-state index contributed by atoms with van der Waals surface area (Å²) in [4.78, 5) is 13.6. The molecular weight excluding hydrogens is 250 g/mol. The maximum Gasteiger partial charge on any atom is 0.223 e. The van der Waals surface area contributed by atoms with Gasteiger partial charge >= 0.3 is 0 Å². The molecule has 1 amide bonds. The van der Waals surface area contributed by atoms with Gasteiger partial charge in [-0.2, -0.15) is 0 Å². The fourth-order valence-electron chi connectivity index (χ4n) is 2.70. The van der Waals surface area contributed by atoms with Gasteiger partial charge in [0.05, 0.1) is 6.04 Å². The Balaban J connectivity index is 2.47. The van der Waals surface area contributed by atoms with Crippen molar-refractivity contribution < 1.29 is 13.6 Å². The number of hydrogen-bond acceptors (Lipinski definition) is 2. The SMILES string of the molecule is CCN1C(=O)CCCC(N)C1c1cccc(F)c1F. The number of benzene rings is 1. The van der Waals surface area contributed by atoms with Crippen LogP contribution in [0.3, 0.4) is 0 Å². The molecule has 0 bridgehead atoms. The van der Waals surface area contributed by atoms with Crippen LogP contribution in [-0.2, 0) is 4.79 Å². The molecular formula is C14H18F2N2O. The predicted molar refractivity (Wildman–Crippen MR) is 68.3 cm³/mol. The summed E-state index contributed by atoms with van der Waals surface area (Å²) in [5.74, 6) is -1.86. The summed E-state index contributed by atoms with van der Waals surface area (Å²) in [6.45, 7) is 2.26. The summed E-state index contributed by atoms with van der Waals surface area (Å²) in [6, 6.07) is 3.06. The number of likely N-dealkylation sites (N-methyl/N-ethyl adjacent to an activating group) is 1. The second-order valence-electron chi connectivity index (χ2n) is 4.82. The first-order valence-electron chi connectivity index (χ1n) is 6.55. The van der Waals surface area contributed by atoms with E-state index >= 15 is 0 Å². The highest BCUT2D eigenvalue weighted by Crippen LogP contribution is 2.32. The minimum absolute atomic E-state index is 0.0517. The second-order valence-corrected chi connectivity index (χ2v) is 4.82. The van der Waals surface area contributed by atoms with Crippen molar-refractivity contribution in [2.24, 2.45) is 5.73 Å². The summed E-state index contributed by atoms with van der Waals surface area (Å²) in [5, 5.41) is 0. The van der Waals surface area contributed by atoms with Crippen LogP contribution in [-0.4, -0.2) is 23.4 Å². The molecule has 5 heteroatoms. The number of carbonyl (C=O) groups is 1. The Labute approximate surface area is 111 Å². The van der Waals surface area contributed by atoms with Crippen molar-refractivity contribution in [2.45, 2.75) is 38.3 Å². The Kier molecular flexibility index (Phi) is 4.14. The van der Waals surface area contributed by atoms with E-state index in [0.717, 1.165) is 6.07 Å². The molecule has 2 atom stereocenters. The molecule has 1 aliphatic rings. The van der Waals surface area contributed by atoms with Gasteiger partial charge in [0.15, 0.2) is 11.6 Å². The molecule has 19 heavy (non-hydrogen) atoms. The van der Waals surface area contributed by atoms with Gasteiger partial charge < -0.3 is 10.6 Å². The quantitative estimate of drug-likeness (QED) is 0.895. The van der Waals surface area contributed by atoms with Crippen molar-refractivity contribution in [3.8, 4) is 0 Å². The zero-order valence-corrected chi connectivity index (χ0v) is 10.9. The minimum Gasteiger partial charge on any atom is -0.334 e. The highest BCUT2D eigenvalue weighted by Gasteiger charge is 2.34. The van der Waals surface area contributed by atoms with Crippen molar-refractivity contribution in [3.05, 3.63) is 35.4 Å². The lowest BCUT2D eigenvalue weighted by Crippen LogP contribution is -2.42. The average molecular weight is 268 g/mol. The minimum atomic E-state index is -0.906. The van der Waals surface area contributed by atoms with Gasteiger partial charge in [0.2, 0.25) is 5.91 Å². The fraction of sp³-hybridized carbons (Fsp3) is 0.500. The van der Waals surface area contributed by atoms with E-state index < -0.39 is 17.7 Å². The molecule has 104 valence electrons. The molecule has 2 unspecified atom stereocenters. The molecule has 1 aliphatic heterocycles. The van der Waals surface area contributed by atoms with Crippen molar-refractivity contribution in [2.75, 3.05) is 6.54 Å². The van der Waals surface area contributed by atoms with Gasteiger partial charge in [0, 0.05) is 24.6 Å². The number of carbonyl (C=O) groups excluding carboxylic acids is 1. The standard InChI is InChI=1S/C14H18F2N2O/c1-2-18-12(19)8-4-7-11(17)14(18)9-5-3-6-10(15)13(9)16/h3,5-6,11,14H,2,4,7-8,17H2,1H3. The highest BCUT2D eigenvalue weighted by atomic mass is 19.2. The van der Waals surface area contributed by atoms with Crippen LogP contribution in [0.4, 0.5) is 8.78 Å². The highest BCUT2D eigenvalue weighted by molar-refractivity contribution is 5.77. The normalized spacial score (nSPS) is 24.4. The monoisotopic (exact) mass is 268 g/mol. The second kappa shape index (κ2) is 5.65. The molecule has 0 aromatic heterocycles. The van der Waals surface area contributed by atoms with Crippen LogP contribution < -0.4 is 5.73 Å². The maximum atomic E-state index is 14.0. The van der Waals surface area contributed by atoms with Crippen LogP contribution >= 0.6 is 0 Å². The van der Waals surface area contributed by atoms with Crippen molar-refractivity contribution >= 4 is 5.91 Å². The van der Waals surface area contributed by atoms with Gasteiger partial charge in [-0.25, -0.2) is 8.78 Å². The number of hydrogen-bond donors (Lipinski definition) is 1. The first-order valence-corrected chi connectivity index (χ1v) is 6.55. The van der Waals surface area contributed by atoms with E-state index in [9.17, 15) is 13.6 Å².